The van der Waals surface area contributed by atoms with Crippen LogP contribution in [0.4, 0.5) is 14.6 Å². The highest BCUT2D eigenvalue weighted by Gasteiger charge is 2.48. The van der Waals surface area contributed by atoms with Crippen molar-refractivity contribution in [3.63, 3.8) is 0 Å². The second-order valence-corrected chi connectivity index (χ2v) is 8.91. The Hall–Kier alpha value is -2.34. The molecule has 0 spiro atoms. The SMILES string of the molecule is Nc1ncc(-c2nc(C3CCC4CCN3O4)nc(C34CCC(CCN3)O4)n2)cc1C(F)F. The fourth-order valence-electron chi connectivity index (χ4n) is 5.16. The first-order valence-corrected chi connectivity index (χ1v) is 11.2. The first-order valence-electron chi connectivity index (χ1n) is 11.2. The molecule has 3 N–H and O–H groups in total. The Balaban J connectivity index is 1.46. The van der Waals surface area contributed by atoms with Gasteiger partial charge in [0, 0.05) is 31.3 Å². The Morgan fingerprint density at radius 1 is 1.12 bits per heavy atom. The first kappa shape index (κ1) is 20.3. The number of hydrogen-bond acceptors (Lipinski definition) is 9. The van der Waals surface area contributed by atoms with Crippen molar-refractivity contribution < 1.29 is 18.4 Å². The molecule has 2 aromatic rings. The van der Waals surface area contributed by atoms with Crippen LogP contribution < -0.4 is 11.1 Å². The summed E-state index contributed by atoms with van der Waals surface area (Å²) < 4.78 is 33.2. The Bertz CT molecular complexity index is 1040. The van der Waals surface area contributed by atoms with E-state index in [1.54, 1.807) is 0 Å². The van der Waals surface area contributed by atoms with Crippen LogP contribution in [0.3, 0.4) is 0 Å². The van der Waals surface area contributed by atoms with Crippen LogP contribution in [-0.4, -0.2) is 50.3 Å². The molecule has 11 heteroatoms. The molecule has 4 saturated heterocycles. The van der Waals surface area contributed by atoms with E-state index < -0.39 is 12.2 Å². The van der Waals surface area contributed by atoms with E-state index in [9.17, 15) is 8.78 Å². The molecule has 6 rings (SSSR count). The molecule has 6 heterocycles. The van der Waals surface area contributed by atoms with Crippen molar-refractivity contribution in [2.75, 3.05) is 18.8 Å². The average molecular weight is 445 g/mol. The van der Waals surface area contributed by atoms with E-state index in [0.717, 1.165) is 51.6 Å². The van der Waals surface area contributed by atoms with E-state index in [1.807, 2.05) is 5.06 Å². The molecule has 170 valence electrons. The summed E-state index contributed by atoms with van der Waals surface area (Å²) in [6.07, 6.45) is 4.48. The lowest BCUT2D eigenvalue weighted by atomic mass is 10.1. The Kier molecular flexibility index (Phi) is 4.83. The molecule has 9 nitrogen and oxygen atoms in total. The van der Waals surface area contributed by atoms with Crippen LogP contribution in [0.2, 0.25) is 0 Å². The Morgan fingerprint density at radius 2 is 2.03 bits per heavy atom. The minimum atomic E-state index is -2.74. The quantitative estimate of drug-likeness (QED) is 0.733. The largest absolute Gasteiger partial charge is 0.383 e. The Morgan fingerprint density at radius 3 is 2.91 bits per heavy atom. The zero-order chi connectivity index (χ0) is 21.9. The minimum Gasteiger partial charge on any atom is -0.383 e. The van der Waals surface area contributed by atoms with E-state index in [2.05, 4.69) is 15.3 Å². The summed E-state index contributed by atoms with van der Waals surface area (Å²) in [5.41, 5.74) is 4.91. The second kappa shape index (κ2) is 7.62. The molecule has 4 aliphatic rings. The van der Waals surface area contributed by atoms with Gasteiger partial charge in [-0.05, 0) is 38.2 Å². The van der Waals surface area contributed by atoms with Crippen LogP contribution >= 0.6 is 0 Å². The minimum absolute atomic E-state index is 0.122. The topological polar surface area (TPSA) is 111 Å². The van der Waals surface area contributed by atoms with Gasteiger partial charge in [-0.1, -0.05) is 0 Å². The van der Waals surface area contributed by atoms with Crippen molar-refractivity contribution in [2.24, 2.45) is 0 Å². The normalized spacial score (nSPS) is 33.7. The average Bonchev–Trinajstić information content (AvgIpc) is 3.32. The van der Waals surface area contributed by atoms with Crippen LogP contribution in [0.15, 0.2) is 12.3 Å². The van der Waals surface area contributed by atoms with Crippen molar-refractivity contribution in [3.8, 4) is 11.4 Å². The summed E-state index contributed by atoms with van der Waals surface area (Å²) in [4.78, 5) is 24.2. The lowest BCUT2D eigenvalue weighted by Gasteiger charge is -2.35. The summed E-state index contributed by atoms with van der Waals surface area (Å²) in [6, 6.07) is 1.19. The van der Waals surface area contributed by atoms with Crippen molar-refractivity contribution in [1.29, 1.82) is 0 Å². The molecule has 5 unspecified atom stereocenters. The fraction of sp³-hybridized carbons (Fsp3) is 0.619. The third-order valence-corrected chi connectivity index (χ3v) is 6.88. The molecule has 0 aliphatic carbocycles. The number of hydroxylamine groups is 2. The number of pyridine rings is 1. The summed E-state index contributed by atoms with van der Waals surface area (Å²) in [6.45, 7) is 1.62. The van der Waals surface area contributed by atoms with Crippen LogP contribution in [0.25, 0.3) is 11.4 Å². The molecule has 0 radical (unpaired) electrons. The molecule has 0 aromatic carbocycles. The van der Waals surface area contributed by atoms with Gasteiger partial charge in [0.1, 0.15) is 5.82 Å². The van der Waals surface area contributed by atoms with Gasteiger partial charge >= 0.3 is 0 Å². The van der Waals surface area contributed by atoms with E-state index in [4.69, 9.17) is 25.3 Å². The van der Waals surface area contributed by atoms with Gasteiger partial charge in [0.25, 0.3) is 6.43 Å². The highest BCUT2D eigenvalue weighted by molar-refractivity contribution is 5.59. The van der Waals surface area contributed by atoms with Gasteiger partial charge in [-0.15, -0.1) is 0 Å². The molecular formula is C21H25F2N7O2. The number of hydrogen-bond donors (Lipinski definition) is 2. The summed E-state index contributed by atoms with van der Waals surface area (Å²) in [5.74, 6) is 1.14. The number of ether oxygens (including phenoxy) is 1. The monoisotopic (exact) mass is 445 g/mol. The predicted octanol–water partition coefficient (Wildman–Crippen LogP) is 2.62. The molecule has 4 bridgehead atoms. The second-order valence-electron chi connectivity index (χ2n) is 8.91. The smallest absolute Gasteiger partial charge is 0.267 e. The zero-order valence-electron chi connectivity index (χ0n) is 17.5. The van der Waals surface area contributed by atoms with Crippen LogP contribution in [0.5, 0.6) is 0 Å². The number of nitrogens with one attached hydrogen (secondary N) is 1. The number of nitrogens with zero attached hydrogens (tertiary/aromatic N) is 5. The zero-order valence-corrected chi connectivity index (χ0v) is 17.5. The standard InChI is InChI=1S/C21H25F2N7O2/c22-16(23)14-9-11(10-25-17(14)24)18-27-19(15-2-1-13-5-8-30(15)32-13)29-20(28-18)21-6-3-12(31-21)4-7-26-21/h9-10,12-13,15-16,26H,1-8H2,(H2,24,25). The maximum atomic E-state index is 13.5. The van der Waals surface area contributed by atoms with Crippen LogP contribution in [-0.2, 0) is 15.3 Å². The number of anilines is 1. The number of alkyl halides is 2. The number of halogens is 2. The van der Waals surface area contributed by atoms with Crippen molar-refractivity contribution in [2.45, 2.75) is 68.9 Å². The number of nitrogen functional groups attached to an aromatic ring is 1. The predicted molar refractivity (Wildman–Crippen MR) is 109 cm³/mol. The van der Waals surface area contributed by atoms with Gasteiger partial charge in [0.15, 0.2) is 23.2 Å². The van der Waals surface area contributed by atoms with Crippen LogP contribution in [0, 0.1) is 0 Å². The highest BCUT2D eigenvalue weighted by atomic mass is 19.3. The van der Waals surface area contributed by atoms with Crippen molar-refractivity contribution in [3.05, 3.63) is 29.5 Å². The molecule has 4 fully saturated rings. The number of fused-ring (bicyclic) bond motifs is 4. The van der Waals surface area contributed by atoms with E-state index in [-0.39, 0.29) is 35.5 Å². The molecular weight excluding hydrogens is 420 g/mol. The lowest BCUT2D eigenvalue weighted by Crippen LogP contribution is -2.48. The van der Waals surface area contributed by atoms with E-state index in [1.165, 1.54) is 12.3 Å². The summed E-state index contributed by atoms with van der Waals surface area (Å²) >= 11 is 0. The number of rotatable bonds is 4. The molecule has 0 saturated carbocycles. The number of nitrogens with two attached hydrogens (primary N) is 1. The Labute approximate surface area is 183 Å². The van der Waals surface area contributed by atoms with Gasteiger partial charge in [0.2, 0.25) is 0 Å². The summed E-state index contributed by atoms with van der Waals surface area (Å²) in [5, 5.41) is 5.38. The highest BCUT2D eigenvalue weighted by Crippen LogP contribution is 2.42. The van der Waals surface area contributed by atoms with Gasteiger partial charge < -0.3 is 10.5 Å². The number of aromatic nitrogens is 4. The molecule has 2 aromatic heterocycles. The first-order chi connectivity index (χ1) is 15.5. The molecule has 0 amide bonds. The van der Waals surface area contributed by atoms with Gasteiger partial charge in [-0.25, -0.2) is 28.7 Å². The summed E-state index contributed by atoms with van der Waals surface area (Å²) in [7, 11) is 0. The lowest BCUT2D eigenvalue weighted by molar-refractivity contribution is -0.203. The molecule has 32 heavy (non-hydrogen) atoms. The van der Waals surface area contributed by atoms with Crippen molar-refractivity contribution >= 4 is 5.82 Å². The van der Waals surface area contributed by atoms with E-state index >= 15 is 0 Å². The van der Waals surface area contributed by atoms with Gasteiger partial charge in [-0.3, -0.25) is 10.2 Å². The third kappa shape index (κ3) is 3.35. The maximum absolute atomic E-state index is 13.5. The van der Waals surface area contributed by atoms with E-state index in [0.29, 0.717) is 17.2 Å². The molecule has 5 atom stereocenters. The van der Waals surface area contributed by atoms with Crippen LogP contribution in [0.1, 0.15) is 68.2 Å². The fourth-order valence-corrected chi connectivity index (χ4v) is 5.16. The molecule has 4 aliphatic heterocycles. The third-order valence-electron chi connectivity index (χ3n) is 6.88. The van der Waals surface area contributed by atoms with Crippen molar-refractivity contribution in [1.82, 2.24) is 30.3 Å². The van der Waals surface area contributed by atoms with Gasteiger partial charge in [0.05, 0.1) is 23.8 Å². The maximum Gasteiger partial charge on any atom is 0.267 e. The van der Waals surface area contributed by atoms with Gasteiger partial charge in [-0.2, -0.15) is 5.06 Å².